The average Bonchev–Trinajstić information content (AvgIpc) is 2.13. The molecule has 88 valence electrons. The second-order valence-electron chi connectivity index (χ2n) is 4.12. The lowest BCUT2D eigenvalue weighted by Gasteiger charge is -2.25. The molecular weight excluding hydrogens is 212 g/mol. The van der Waals surface area contributed by atoms with E-state index in [2.05, 4.69) is 13.5 Å². The number of ether oxygens (including phenoxy) is 2. The van der Waals surface area contributed by atoms with Gasteiger partial charge in [-0.15, -0.1) is 0 Å². The Morgan fingerprint density at radius 3 is 1.73 bits per heavy atom. The third-order valence-corrected chi connectivity index (χ3v) is 5.49. The summed E-state index contributed by atoms with van der Waals surface area (Å²) in [6.45, 7) is 6.95. The minimum Gasteiger partial charge on any atom is -0.469 e. The fourth-order valence-electron chi connectivity index (χ4n) is 1.34. The smallest absolute Gasteiger partial charge is 0.302 e. The van der Waals surface area contributed by atoms with Gasteiger partial charge in [0.15, 0.2) is 0 Å². The molecule has 4 nitrogen and oxygen atoms in total. The highest BCUT2D eigenvalue weighted by Gasteiger charge is 2.29. The first kappa shape index (κ1) is 14.2. The molecule has 0 radical (unpaired) electrons. The molecule has 0 bridgehead atoms. The van der Waals surface area contributed by atoms with E-state index >= 15 is 0 Å². The summed E-state index contributed by atoms with van der Waals surface area (Å²) >= 11 is 0. The lowest BCUT2D eigenvalue weighted by atomic mass is 10.6. The first-order valence-corrected chi connectivity index (χ1v) is 8.28. The molecule has 0 saturated heterocycles. The maximum atomic E-state index is 10.7. The molecular formula is C10H20O4Si. The highest BCUT2D eigenvalue weighted by Crippen LogP contribution is 2.13. The van der Waals surface area contributed by atoms with Crippen LogP contribution in [0, 0.1) is 0 Å². The fourth-order valence-corrected chi connectivity index (χ4v) is 4.02. The summed E-state index contributed by atoms with van der Waals surface area (Å²) in [5.41, 5.74) is 0. The summed E-state index contributed by atoms with van der Waals surface area (Å²) < 4.78 is 10.0. The number of carbonyl (C=O) groups is 2. The average molecular weight is 232 g/mol. The molecule has 0 heterocycles. The second-order valence-corrected chi connectivity index (χ2v) is 8.82. The number of esters is 2. The molecule has 0 aliphatic rings. The molecule has 0 rings (SSSR count). The Morgan fingerprint density at radius 1 is 1.07 bits per heavy atom. The van der Waals surface area contributed by atoms with Gasteiger partial charge in [-0.3, -0.25) is 9.59 Å². The SMILES string of the molecule is CCC[Si](C)(COC(C)=O)COC(C)=O. The summed E-state index contributed by atoms with van der Waals surface area (Å²) in [6, 6.07) is 0.994. The van der Waals surface area contributed by atoms with E-state index in [9.17, 15) is 9.59 Å². The van der Waals surface area contributed by atoms with Crippen LogP contribution in [-0.2, 0) is 19.1 Å². The minimum atomic E-state index is -1.76. The first-order valence-electron chi connectivity index (χ1n) is 5.16. The van der Waals surface area contributed by atoms with Crippen LogP contribution >= 0.6 is 0 Å². The van der Waals surface area contributed by atoms with E-state index in [1.165, 1.54) is 13.8 Å². The molecule has 0 N–H and O–H groups in total. The molecule has 0 aromatic rings. The Labute approximate surface area is 92.0 Å². The normalized spacial score (nSPS) is 10.9. The van der Waals surface area contributed by atoms with Crippen LogP contribution in [0.15, 0.2) is 0 Å². The third-order valence-electron chi connectivity index (χ3n) is 2.10. The van der Waals surface area contributed by atoms with Crippen LogP contribution in [0.5, 0.6) is 0 Å². The number of hydrogen-bond donors (Lipinski definition) is 0. The van der Waals surface area contributed by atoms with Crippen molar-refractivity contribution in [3.05, 3.63) is 0 Å². The van der Waals surface area contributed by atoms with Crippen molar-refractivity contribution >= 4 is 20.0 Å². The molecule has 0 unspecified atom stereocenters. The van der Waals surface area contributed by atoms with Gasteiger partial charge in [0.25, 0.3) is 0 Å². The summed E-state index contributed by atoms with van der Waals surface area (Å²) in [7, 11) is -1.76. The Morgan fingerprint density at radius 2 is 1.47 bits per heavy atom. The quantitative estimate of drug-likeness (QED) is 0.516. The lowest BCUT2D eigenvalue weighted by molar-refractivity contribution is -0.139. The van der Waals surface area contributed by atoms with E-state index in [1.807, 2.05) is 0 Å². The highest BCUT2D eigenvalue weighted by molar-refractivity contribution is 6.78. The van der Waals surface area contributed by atoms with E-state index in [0.717, 1.165) is 12.5 Å². The van der Waals surface area contributed by atoms with Gasteiger partial charge in [-0.2, -0.15) is 0 Å². The number of hydrogen-bond acceptors (Lipinski definition) is 4. The number of carbonyl (C=O) groups excluding carboxylic acids is 2. The maximum Gasteiger partial charge on any atom is 0.302 e. The molecule has 0 atom stereocenters. The van der Waals surface area contributed by atoms with Crippen molar-refractivity contribution < 1.29 is 19.1 Å². The van der Waals surface area contributed by atoms with Crippen LogP contribution in [-0.4, -0.2) is 32.5 Å². The Bertz CT molecular complexity index is 209. The van der Waals surface area contributed by atoms with Crippen LogP contribution in [0.3, 0.4) is 0 Å². The standard InChI is InChI=1S/C10H20O4Si/c1-5-6-15(4,7-13-9(2)11)8-14-10(3)12/h5-8H2,1-4H3. The summed E-state index contributed by atoms with van der Waals surface area (Å²) in [5.74, 6) is -0.541. The van der Waals surface area contributed by atoms with Crippen molar-refractivity contribution in [2.75, 3.05) is 12.5 Å². The van der Waals surface area contributed by atoms with Crippen LogP contribution < -0.4 is 0 Å². The molecule has 0 aliphatic carbocycles. The van der Waals surface area contributed by atoms with Crippen LogP contribution in [0.2, 0.25) is 12.6 Å². The fraction of sp³-hybridized carbons (Fsp3) is 0.800. The largest absolute Gasteiger partial charge is 0.469 e. The monoisotopic (exact) mass is 232 g/mol. The van der Waals surface area contributed by atoms with Crippen LogP contribution in [0.4, 0.5) is 0 Å². The van der Waals surface area contributed by atoms with Crippen molar-refractivity contribution in [3.8, 4) is 0 Å². The van der Waals surface area contributed by atoms with Gasteiger partial charge in [-0.05, 0) is 0 Å². The Hall–Kier alpha value is -0.843. The van der Waals surface area contributed by atoms with E-state index in [4.69, 9.17) is 9.47 Å². The van der Waals surface area contributed by atoms with Crippen molar-refractivity contribution in [3.63, 3.8) is 0 Å². The topological polar surface area (TPSA) is 52.6 Å². The minimum absolute atomic E-state index is 0.271. The van der Waals surface area contributed by atoms with E-state index in [0.29, 0.717) is 12.5 Å². The van der Waals surface area contributed by atoms with E-state index < -0.39 is 8.07 Å². The molecule has 0 saturated carbocycles. The van der Waals surface area contributed by atoms with Crippen molar-refractivity contribution in [2.45, 2.75) is 39.8 Å². The molecule has 0 aliphatic heterocycles. The van der Waals surface area contributed by atoms with Gasteiger partial charge in [-0.25, -0.2) is 0 Å². The zero-order valence-corrected chi connectivity index (χ0v) is 11.0. The van der Waals surface area contributed by atoms with Gasteiger partial charge >= 0.3 is 11.9 Å². The molecule has 0 fully saturated rings. The molecule has 0 aromatic heterocycles. The van der Waals surface area contributed by atoms with Gasteiger partial charge in [0.2, 0.25) is 0 Å². The molecule has 5 heteroatoms. The summed E-state index contributed by atoms with van der Waals surface area (Å²) in [5, 5.41) is 0. The van der Waals surface area contributed by atoms with E-state index in [-0.39, 0.29) is 11.9 Å². The van der Waals surface area contributed by atoms with Gasteiger partial charge in [-0.1, -0.05) is 25.9 Å². The second kappa shape index (κ2) is 6.61. The van der Waals surface area contributed by atoms with E-state index in [1.54, 1.807) is 0 Å². The maximum absolute atomic E-state index is 10.7. The van der Waals surface area contributed by atoms with Gasteiger partial charge < -0.3 is 9.47 Å². The zero-order chi connectivity index (χ0) is 11.9. The molecule has 0 spiro atoms. The van der Waals surface area contributed by atoms with Crippen LogP contribution in [0.1, 0.15) is 27.2 Å². The Kier molecular flexibility index (Phi) is 6.23. The Balaban J connectivity index is 4.17. The number of rotatable bonds is 6. The van der Waals surface area contributed by atoms with Crippen LogP contribution in [0.25, 0.3) is 0 Å². The molecule has 0 amide bonds. The van der Waals surface area contributed by atoms with Gasteiger partial charge in [0.05, 0.1) is 12.5 Å². The lowest BCUT2D eigenvalue weighted by Crippen LogP contribution is -2.43. The zero-order valence-electron chi connectivity index (χ0n) is 9.96. The predicted molar refractivity (Wildman–Crippen MR) is 60.0 cm³/mol. The predicted octanol–water partition coefficient (Wildman–Crippen LogP) is 1.68. The first-order chi connectivity index (χ1) is 6.89. The third kappa shape index (κ3) is 7.13. The van der Waals surface area contributed by atoms with Crippen molar-refractivity contribution in [1.82, 2.24) is 0 Å². The van der Waals surface area contributed by atoms with Gasteiger partial charge in [0, 0.05) is 13.8 Å². The van der Waals surface area contributed by atoms with Crippen molar-refractivity contribution in [1.29, 1.82) is 0 Å². The van der Waals surface area contributed by atoms with Gasteiger partial charge in [0.1, 0.15) is 8.07 Å². The molecule has 0 aromatic carbocycles. The molecule has 15 heavy (non-hydrogen) atoms. The highest BCUT2D eigenvalue weighted by atomic mass is 28.3. The summed E-state index contributed by atoms with van der Waals surface area (Å²) in [4.78, 5) is 21.5. The van der Waals surface area contributed by atoms with Crippen molar-refractivity contribution in [2.24, 2.45) is 0 Å². The summed E-state index contributed by atoms with van der Waals surface area (Å²) in [6.07, 6.45) is 1.89.